The number of nitrogens with one attached hydrogen (secondary N) is 1. The van der Waals surface area contributed by atoms with Crippen LogP contribution in [-0.2, 0) is 14.3 Å². The van der Waals surface area contributed by atoms with Gasteiger partial charge in [-0.1, -0.05) is 243 Å². The second kappa shape index (κ2) is 52.8. The quantitative estimate of drug-likeness (QED) is 0.0245. The molecule has 3 unspecified atom stereocenters. The molecule has 0 bridgehead atoms. The number of amides is 1. The summed E-state index contributed by atoms with van der Waals surface area (Å²) in [5.41, 5.74) is 0. The number of esters is 1. The van der Waals surface area contributed by atoms with Crippen LogP contribution in [0.15, 0.2) is 48.6 Å². The zero-order valence-corrected chi connectivity index (χ0v) is 43.4. The second-order valence-corrected chi connectivity index (χ2v) is 19.4. The van der Waals surface area contributed by atoms with Crippen molar-refractivity contribution < 1.29 is 24.5 Å². The van der Waals surface area contributed by atoms with Crippen LogP contribution in [0.25, 0.3) is 0 Å². The average molecular weight is 913 g/mol. The average Bonchev–Trinajstić information content (AvgIpc) is 3.30. The van der Waals surface area contributed by atoms with E-state index in [9.17, 15) is 19.8 Å². The van der Waals surface area contributed by atoms with Crippen molar-refractivity contribution in [2.75, 3.05) is 6.61 Å². The third-order valence-corrected chi connectivity index (χ3v) is 12.9. The molecule has 0 heterocycles. The first kappa shape index (κ1) is 62.8. The summed E-state index contributed by atoms with van der Waals surface area (Å²) in [6, 6.07) is -0.707. The predicted octanol–water partition coefficient (Wildman–Crippen LogP) is 17.4. The van der Waals surface area contributed by atoms with Gasteiger partial charge in [-0.05, 0) is 83.5 Å². The van der Waals surface area contributed by atoms with Gasteiger partial charge in [-0.2, -0.15) is 0 Å². The van der Waals surface area contributed by atoms with E-state index in [1.807, 2.05) is 0 Å². The van der Waals surface area contributed by atoms with Crippen molar-refractivity contribution in [3.63, 3.8) is 0 Å². The highest BCUT2D eigenvalue weighted by atomic mass is 16.5. The molecule has 3 N–H and O–H groups in total. The van der Waals surface area contributed by atoms with Gasteiger partial charge < -0.3 is 20.3 Å². The Hall–Kier alpha value is -2.18. The smallest absolute Gasteiger partial charge is 0.306 e. The Morgan fingerprint density at radius 3 is 1.29 bits per heavy atom. The van der Waals surface area contributed by atoms with Crippen molar-refractivity contribution in [1.82, 2.24) is 5.32 Å². The lowest BCUT2D eigenvalue weighted by atomic mass is 10.0. The molecular weight excluding hydrogens is 803 g/mol. The Morgan fingerprint density at radius 2 is 0.831 bits per heavy atom. The molecular formula is C59H109NO5. The van der Waals surface area contributed by atoms with E-state index in [2.05, 4.69) is 74.7 Å². The minimum absolute atomic E-state index is 0.0685. The third kappa shape index (κ3) is 48.1. The van der Waals surface area contributed by atoms with Crippen LogP contribution in [0.2, 0.25) is 0 Å². The molecule has 0 fully saturated rings. The van der Waals surface area contributed by atoms with E-state index >= 15 is 0 Å². The molecule has 380 valence electrons. The number of aliphatic hydroxyl groups excluding tert-OH is 2. The first-order chi connectivity index (χ1) is 32.0. The van der Waals surface area contributed by atoms with Crippen LogP contribution in [0.4, 0.5) is 0 Å². The third-order valence-electron chi connectivity index (χ3n) is 12.9. The van der Waals surface area contributed by atoms with E-state index in [-0.39, 0.29) is 24.9 Å². The second-order valence-electron chi connectivity index (χ2n) is 19.4. The van der Waals surface area contributed by atoms with E-state index in [0.717, 1.165) is 77.0 Å². The molecule has 0 spiro atoms. The number of aliphatic hydroxyl groups is 2. The molecule has 0 saturated heterocycles. The van der Waals surface area contributed by atoms with E-state index < -0.39 is 18.2 Å². The van der Waals surface area contributed by atoms with Gasteiger partial charge in [0.05, 0.1) is 25.2 Å². The van der Waals surface area contributed by atoms with Crippen LogP contribution in [0.5, 0.6) is 0 Å². The van der Waals surface area contributed by atoms with Crippen LogP contribution in [0, 0.1) is 0 Å². The van der Waals surface area contributed by atoms with Gasteiger partial charge in [0.15, 0.2) is 0 Å². The first-order valence-electron chi connectivity index (χ1n) is 28.4. The van der Waals surface area contributed by atoms with Crippen molar-refractivity contribution in [3.8, 4) is 0 Å². The lowest BCUT2D eigenvalue weighted by Crippen LogP contribution is -2.46. The van der Waals surface area contributed by atoms with E-state index in [0.29, 0.717) is 19.3 Å². The normalized spacial score (nSPS) is 13.5. The van der Waals surface area contributed by atoms with Crippen LogP contribution in [-0.4, -0.2) is 46.9 Å². The van der Waals surface area contributed by atoms with Gasteiger partial charge in [0.25, 0.3) is 0 Å². The maximum Gasteiger partial charge on any atom is 0.306 e. The number of unbranched alkanes of at least 4 members (excludes halogenated alkanes) is 32. The van der Waals surface area contributed by atoms with Crippen LogP contribution in [0.1, 0.15) is 290 Å². The van der Waals surface area contributed by atoms with Crippen molar-refractivity contribution >= 4 is 11.9 Å². The number of rotatable bonds is 51. The summed E-state index contributed by atoms with van der Waals surface area (Å²) in [5, 5.41) is 23.9. The lowest BCUT2D eigenvalue weighted by Gasteiger charge is -2.24. The molecule has 0 aliphatic heterocycles. The minimum Gasteiger partial charge on any atom is -0.462 e. The SMILES string of the molecule is CCCCC/C=C\C/C=C\CCCCCCCCCC(CC(=O)NC(CO)C(O)CCCCCCCCCCCCCCCC)OC(=O)CCCCCCCC/C=C/C=C/CCCCC. The standard InChI is InChI=1S/C59H109NO5/c1-4-7-10-13-16-19-22-25-28-29-31-32-35-38-41-44-47-50-55(65-59(64)52-49-46-43-40-37-34-30-26-23-20-17-14-11-8-5-2)53-58(63)60-56(54-61)57(62)51-48-45-42-39-36-33-27-24-21-18-15-12-9-6-3/h16-17,19-20,23,25-26,28,55-57,61-62H,4-15,18,21-22,24,27,29-54H2,1-3H3,(H,60,63)/b19-16-,20-17+,26-23+,28-25-. The lowest BCUT2D eigenvalue weighted by molar-refractivity contribution is -0.151. The number of carbonyl (C=O) groups is 2. The van der Waals surface area contributed by atoms with Gasteiger partial charge in [-0.15, -0.1) is 0 Å². The maximum absolute atomic E-state index is 13.3. The molecule has 65 heavy (non-hydrogen) atoms. The Balaban J connectivity index is 4.60. The van der Waals surface area contributed by atoms with Gasteiger partial charge in [-0.3, -0.25) is 9.59 Å². The molecule has 0 radical (unpaired) electrons. The van der Waals surface area contributed by atoms with Gasteiger partial charge in [0.2, 0.25) is 5.91 Å². The molecule has 3 atom stereocenters. The van der Waals surface area contributed by atoms with Crippen molar-refractivity contribution in [3.05, 3.63) is 48.6 Å². The zero-order chi connectivity index (χ0) is 47.4. The minimum atomic E-state index is -0.792. The van der Waals surface area contributed by atoms with Crippen LogP contribution >= 0.6 is 0 Å². The molecule has 1 amide bonds. The largest absolute Gasteiger partial charge is 0.462 e. The number of carbonyl (C=O) groups excluding carboxylic acids is 2. The highest BCUT2D eigenvalue weighted by molar-refractivity contribution is 5.77. The Kier molecular flexibility index (Phi) is 51.0. The van der Waals surface area contributed by atoms with Gasteiger partial charge >= 0.3 is 5.97 Å². The van der Waals surface area contributed by atoms with Gasteiger partial charge in [0.1, 0.15) is 6.10 Å². The monoisotopic (exact) mass is 912 g/mol. The number of ether oxygens (including phenoxy) is 1. The van der Waals surface area contributed by atoms with Crippen LogP contribution < -0.4 is 5.32 Å². The van der Waals surface area contributed by atoms with Gasteiger partial charge in [0, 0.05) is 6.42 Å². The molecule has 6 heteroatoms. The molecule has 0 aliphatic rings. The Morgan fingerprint density at radius 1 is 0.462 bits per heavy atom. The van der Waals surface area contributed by atoms with E-state index in [4.69, 9.17) is 4.74 Å². The number of allylic oxidation sites excluding steroid dienone is 8. The topological polar surface area (TPSA) is 95.9 Å². The zero-order valence-electron chi connectivity index (χ0n) is 43.4. The molecule has 0 aliphatic carbocycles. The fraction of sp³-hybridized carbons (Fsp3) is 0.831. The summed E-state index contributed by atoms with van der Waals surface area (Å²) in [4.78, 5) is 26.3. The molecule has 0 rings (SSSR count). The van der Waals surface area contributed by atoms with Crippen molar-refractivity contribution in [2.45, 2.75) is 309 Å². The summed E-state index contributed by atoms with van der Waals surface area (Å²) >= 11 is 0. The van der Waals surface area contributed by atoms with Crippen molar-refractivity contribution in [2.24, 2.45) is 0 Å². The highest BCUT2D eigenvalue weighted by Gasteiger charge is 2.24. The Bertz CT molecular complexity index is 1110. The fourth-order valence-corrected chi connectivity index (χ4v) is 8.57. The maximum atomic E-state index is 13.3. The summed E-state index contributed by atoms with van der Waals surface area (Å²) < 4.78 is 5.95. The Labute approximate surface area is 404 Å². The summed E-state index contributed by atoms with van der Waals surface area (Å²) in [6.45, 7) is 6.45. The molecule has 0 aromatic rings. The summed E-state index contributed by atoms with van der Waals surface area (Å²) in [6.07, 6.45) is 64.5. The highest BCUT2D eigenvalue weighted by Crippen LogP contribution is 2.18. The summed E-state index contributed by atoms with van der Waals surface area (Å²) in [5.74, 6) is -0.485. The summed E-state index contributed by atoms with van der Waals surface area (Å²) in [7, 11) is 0. The fourth-order valence-electron chi connectivity index (χ4n) is 8.57. The van der Waals surface area contributed by atoms with Crippen LogP contribution in [0.3, 0.4) is 0 Å². The molecule has 6 nitrogen and oxygen atoms in total. The number of hydrogen-bond acceptors (Lipinski definition) is 5. The molecule has 0 saturated carbocycles. The van der Waals surface area contributed by atoms with Crippen molar-refractivity contribution in [1.29, 1.82) is 0 Å². The molecule has 0 aromatic heterocycles. The number of hydrogen-bond donors (Lipinski definition) is 3. The predicted molar refractivity (Wildman–Crippen MR) is 282 cm³/mol. The van der Waals surface area contributed by atoms with E-state index in [1.54, 1.807) is 0 Å². The van der Waals surface area contributed by atoms with Gasteiger partial charge in [-0.25, -0.2) is 0 Å². The molecule has 0 aromatic carbocycles. The first-order valence-corrected chi connectivity index (χ1v) is 28.4. The van der Waals surface area contributed by atoms with E-state index in [1.165, 1.54) is 167 Å².